The van der Waals surface area contributed by atoms with Gasteiger partial charge >= 0.3 is 23.9 Å². The normalized spacial score (nSPS) is 20.2. The summed E-state index contributed by atoms with van der Waals surface area (Å²) in [5.41, 5.74) is 0.768. The third-order valence-corrected chi connectivity index (χ3v) is 7.14. The molecule has 1 N–H and O–H groups in total. The SMILES string of the molecule is CC(=O)N[C@H]1[C@H](OC(=O)c2ccccc2)O[C@@H](COC(=O)c2ccccc2)[C@@H](OC(=O)c2ccccc2)[C@@H]1OC(=O)c1ccccc1. The molecule has 4 aromatic carbocycles. The highest BCUT2D eigenvalue weighted by molar-refractivity contribution is 5.91. The number of nitrogens with one attached hydrogen (secondary N) is 1. The van der Waals surface area contributed by atoms with Gasteiger partial charge in [-0.2, -0.15) is 0 Å². The molecule has 1 saturated heterocycles. The molecule has 11 heteroatoms. The maximum atomic E-state index is 13.4. The zero-order chi connectivity index (χ0) is 33.2. The van der Waals surface area contributed by atoms with Crippen molar-refractivity contribution in [3.8, 4) is 0 Å². The molecule has 11 nitrogen and oxygen atoms in total. The van der Waals surface area contributed by atoms with E-state index in [0.29, 0.717) is 0 Å². The molecule has 0 spiro atoms. The number of ether oxygens (including phenoxy) is 5. The summed E-state index contributed by atoms with van der Waals surface area (Å²) in [6.45, 7) is 0.705. The summed E-state index contributed by atoms with van der Waals surface area (Å²) in [6, 6.07) is 30.9. The van der Waals surface area contributed by atoms with Crippen LogP contribution in [0.1, 0.15) is 48.4 Å². The van der Waals surface area contributed by atoms with Crippen LogP contribution in [0.5, 0.6) is 0 Å². The molecule has 0 aliphatic carbocycles. The highest BCUT2D eigenvalue weighted by atomic mass is 16.7. The van der Waals surface area contributed by atoms with E-state index in [0.717, 1.165) is 0 Å². The Balaban J connectivity index is 1.53. The molecule has 5 rings (SSSR count). The first kappa shape index (κ1) is 32.6. The van der Waals surface area contributed by atoms with Gasteiger partial charge in [0.05, 0.1) is 22.3 Å². The van der Waals surface area contributed by atoms with Crippen LogP contribution in [0.15, 0.2) is 121 Å². The second-order valence-electron chi connectivity index (χ2n) is 10.5. The summed E-state index contributed by atoms with van der Waals surface area (Å²) in [5.74, 6) is -3.72. The van der Waals surface area contributed by atoms with Gasteiger partial charge in [0.1, 0.15) is 18.8 Å². The molecule has 1 heterocycles. The molecule has 0 aromatic heterocycles. The Kier molecular flexibility index (Phi) is 10.7. The minimum absolute atomic E-state index is 0.165. The third-order valence-electron chi connectivity index (χ3n) is 7.14. The Hall–Kier alpha value is -5.81. The molecule has 240 valence electrons. The predicted octanol–water partition coefficient (Wildman–Crippen LogP) is 4.38. The topological polar surface area (TPSA) is 144 Å². The van der Waals surface area contributed by atoms with Crippen LogP contribution in [-0.2, 0) is 28.5 Å². The summed E-state index contributed by atoms with van der Waals surface area (Å²) in [4.78, 5) is 65.5. The Morgan fingerprint density at radius 2 is 0.936 bits per heavy atom. The van der Waals surface area contributed by atoms with E-state index in [-0.39, 0.29) is 22.3 Å². The van der Waals surface area contributed by atoms with E-state index in [4.69, 9.17) is 23.7 Å². The number of carbonyl (C=O) groups is 5. The van der Waals surface area contributed by atoms with Crippen LogP contribution >= 0.6 is 0 Å². The highest BCUT2D eigenvalue weighted by Crippen LogP contribution is 2.30. The number of benzene rings is 4. The molecule has 1 amide bonds. The fourth-order valence-corrected chi connectivity index (χ4v) is 4.90. The molecular formula is C36H31NO10. The van der Waals surface area contributed by atoms with Crippen LogP contribution in [0, 0.1) is 0 Å². The average Bonchev–Trinajstić information content (AvgIpc) is 3.11. The number of rotatable bonds is 10. The van der Waals surface area contributed by atoms with Crippen LogP contribution in [0.25, 0.3) is 0 Å². The monoisotopic (exact) mass is 637 g/mol. The molecular weight excluding hydrogens is 606 g/mol. The first-order chi connectivity index (χ1) is 22.8. The summed E-state index contributed by atoms with van der Waals surface area (Å²) in [6.07, 6.45) is -5.85. The molecule has 0 saturated carbocycles. The van der Waals surface area contributed by atoms with E-state index >= 15 is 0 Å². The molecule has 4 aromatic rings. The lowest BCUT2D eigenvalue weighted by molar-refractivity contribution is -0.252. The smallest absolute Gasteiger partial charge is 0.340 e. The van der Waals surface area contributed by atoms with Gasteiger partial charge < -0.3 is 29.0 Å². The Morgan fingerprint density at radius 3 is 1.36 bits per heavy atom. The second-order valence-corrected chi connectivity index (χ2v) is 10.5. The Labute approximate surface area is 270 Å². The van der Waals surface area contributed by atoms with Crippen LogP contribution in [0.3, 0.4) is 0 Å². The average molecular weight is 638 g/mol. The van der Waals surface area contributed by atoms with Crippen molar-refractivity contribution in [1.29, 1.82) is 0 Å². The maximum Gasteiger partial charge on any atom is 0.340 e. The Morgan fingerprint density at radius 1 is 0.553 bits per heavy atom. The minimum Gasteiger partial charge on any atom is -0.459 e. The largest absolute Gasteiger partial charge is 0.459 e. The van der Waals surface area contributed by atoms with E-state index < -0.39 is 67.0 Å². The van der Waals surface area contributed by atoms with Crippen LogP contribution in [-0.4, -0.2) is 67.0 Å². The summed E-state index contributed by atoms with van der Waals surface area (Å²) in [5, 5.41) is 2.63. The molecule has 0 radical (unpaired) electrons. The van der Waals surface area contributed by atoms with Gasteiger partial charge in [0, 0.05) is 6.92 Å². The van der Waals surface area contributed by atoms with Gasteiger partial charge in [0.2, 0.25) is 12.2 Å². The van der Waals surface area contributed by atoms with Gasteiger partial charge in [-0.3, -0.25) is 4.79 Å². The minimum atomic E-state index is -1.58. The molecule has 1 aliphatic heterocycles. The van der Waals surface area contributed by atoms with Gasteiger partial charge in [-0.15, -0.1) is 0 Å². The predicted molar refractivity (Wildman–Crippen MR) is 166 cm³/mol. The van der Waals surface area contributed by atoms with E-state index in [1.165, 1.54) is 43.3 Å². The highest BCUT2D eigenvalue weighted by Gasteiger charge is 2.53. The fraction of sp³-hybridized carbons (Fsp3) is 0.194. The number of hydrogen-bond acceptors (Lipinski definition) is 10. The second kappa shape index (κ2) is 15.5. The lowest BCUT2D eigenvalue weighted by Crippen LogP contribution is -2.67. The summed E-state index contributed by atoms with van der Waals surface area (Å²) in [7, 11) is 0. The van der Waals surface area contributed by atoms with Gasteiger partial charge in [0.15, 0.2) is 12.2 Å². The first-order valence-corrected chi connectivity index (χ1v) is 14.7. The van der Waals surface area contributed by atoms with Gasteiger partial charge in [-0.05, 0) is 48.5 Å². The van der Waals surface area contributed by atoms with E-state index in [1.54, 1.807) is 84.9 Å². The van der Waals surface area contributed by atoms with Crippen molar-refractivity contribution in [2.75, 3.05) is 6.61 Å². The zero-order valence-corrected chi connectivity index (χ0v) is 25.2. The lowest BCUT2D eigenvalue weighted by atomic mass is 9.95. The molecule has 0 unspecified atom stereocenters. The fourth-order valence-electron chi connectivity index (χ4n) is 4.90. The van der Waals surface area contributed by atoms with Gasteiger partial charge in [0.25, 0.3) is 0 Å². The van der Waals surface area contributed by atoms with E-state index in [9.17, 15) is 24.0 Å². The molecule has 47 heavy (non-hydrogen) atoms. The lowest BCUT2D eigenvalue weighted by Gasteiger charge is -2.44. The van der Waals surface area contributed by atoms with Crippen molar-refractivity contribution in [3.63, 3.8) is 0 Å². The van der Waals surface area contributed by atoms with Crippen molar-refractivity contribution >= 4 is 29.8 Å². The maximum absolute atomic E-state index is 13.4. The van der Waals surface area contributed by atoms with E-state index in [1.807, 2.05) is 0 Å². The molecule has 1 fully saturated rings. The van der Waals surface area contributed by atoms with Crippen molar-refractivity contribution in [2.24, 2.45) is 0 Å². The summed E-state index contributed by atoms with van der Waals surface area (Å²) >= 11 is 0. The van der Waals surface area contributed by atoms with Crippen LogP contribution in [0.2, 0.25) is 0 Å². The third kappa shape index (κ3) is 8.47. The Bertz CT molecular complexity index is 1680. The number of hydrogen-bond donors (Lipinski definition) is 1. The summed E-state index contributed by atoms with van der Waals surface area (Å²) < 4.78 is 29.3. The number of esters is 4. The molecule has 5 atom stereocenters. The van der Waals surface area contributed by atoms with Crippen molar-refractivity contribution in [3.05, 3.63) is 144 Å². The number of amides is 1. The van der Waals surface area contributed by atoms with Gasteiger partial charge in [-0.1, -0.05) is 72.8 Å². The first-order valence-electron chi connectivity index (χ1n) is 14.7. The van der Waals surface area contributed by atoms with Crippen molar-refractivity contribution in [1.82, 2.24) is 5.32 Å². The quantitative estimate of drug-likeness (QED) is 0.197. The van der Waals surface area contributed by atoms with Crippen LogP contribution < -0.4 is 5.32 Å². The molecule has 1 aliphatic rings. The van der Waals surface area contributed by atoms with E-state index in [2.05, 4.69) is 5.32 Å². The standard InChI is InChI=1S/C36H31NO10/c1-23(38)37-29-31(46-34(41)26-18-10-4-11-19-26)30(45-33(40)25-16-8-3-9-17-25)28(22-43-32(39)24-14-6-2-7-15-24)44-36(29)47-35(42)27-20-12-5-13-21-27/h2-21,28-31,36H,22H2,1H3,(H,37,38)/t28-,29+,30+,31+,36-/m0/s1. The van der Waals surface area contributed by atoms with Crippen molar-refractivity contribution in [2.45, 2.75) is 37.6 Å². The molecule has 0 bridgehead atoms. The number of carbonyl (C=O) groups excluding carboxylic acids is 5. The van der Waals surface area contributed by atoms with Gasteiger partial charge in [-0.25, -0.2) is 19.2 Å². The van der Waals surface area contributed by atoms with Crippen LogP contribution in [0.4, 0.5) is 0 Å². The van der Waals surface area contributed by atoms with Crippen molar-refractivity contribution < 1.29 is 47.7 Å². The zero-order valence-electron chi connectivity index (χ0n) is 25.2.